The zero-order valence-corrected chi connectivity index (χ0v) is 10.6. The molecule has 1 fully saturated rings. The van der Waals surface area contributed by atoms with Crippen molar-refractivity contribution in [3.8, 4) is 0 Å². The number of amides is 1. The number of hydrogen-bond donors (Lipinski definition) is 1. The number of carbonyl (C=O) groups is 1. The van der Waals surface area contributed by atoms with E-state index in [1.165, 1.54) is 19.3 Å². The summed E-state index contributed by atoms with van der Waals surface area (Å²) < 4.78 is 0. The van der Waals surface area contributed by atoms with E-state index in [1.807, 2.05) is 4.90 Å². The molecule has 0 saturated carbocycles. The van der Waals surface area contributed by atoms with Gasteiger partial charge < -0.3 is 10.6 Å². The fourth-order valence-corrected chi connectivity index (χ4v) is 2.28. The minimum Gasteiger partial charge on any atom is -0.343 e. The number of piperidine rings is 1. The number of rotatable bonds is 6. The van der Waals surface area contributed by atoms with E-state index in [2.05, 4.69) is 6.92 Å². The highest BCUT2D eigenvalue weighted by Gasteiger charge is 2.21. The van der Waals surface area contributed by atoms with Crippen molar-refractivity contribution in [1.29, 1.82) is 0 Å². The van der Waals surface area contributed by atoms with Gasteiger partial charge >= 0.3 is 0 Å². The van der Waals surface area contributed by atoms with Gasteiger partial charge in [-0.3, -0.25) is 4.79 Å². The maximum Gasteiger partial charge on any atom is 0.222 e. The Labute approximate surface area is 99.4 Å². The second-order valence-electron chi connectivity index (χ2n) is 4.87. The zero-order chi connectivity index (χ0) is 11.8. The van der Waals surface area contributed by atoms with Gasteiger partial charge in [0.25, 0.3) is 0 Å². The first-order valence-corrected chi connectivity index (χ1v) is 6.75. The summed E-state index contributed by atoms with van der Waals surface area (Å²) in [5.41, 5.74) is 5.63. The molecule has 3 nitrogen and oxygen atoms in total. The van der Waals surface area contributed by atoms with Gasteiger partial charge in [0.05, 0.1) is 0 Å². The molecular formula is C13H26N2O. The van der Waals surface area contributed by atoms with Crippen LogP contribution in [-0.2, 0) is 4.79 Å². The summed E-state index contributed by atoms with van der Waals surface area (Å²) in [5, 5.41) is 0. The first-order valence-electron chi connectivity index (χ1n) is 6.75. The normalized spacial score (nSPS) is 17.8. The van der Waals surface area contributed by atoms with Crippen molar-refractivity contribution in [2.24, 2.45) is 11.7 Å². The second kappa shape index (κ2) is 7.66. The largest absolute Gasteiger partial charge is 0.343 e. The molecule has 0 spiro atoms. The van der Waals surface area contributed by atoms with Gasteiger partial charge in [0.15, 0.2) is 0 Å². The molecule has 0 aromatic carbocycles. The summed E-state index contributed by atoms with van der Waals surface area (Å²) in [6.07, 6.45) is 7.67. The van der Waals surface area contributed by atoms with Crippen LogP contribution in [0.4, 0.5) is 0 Å². The number of nitrogens with two attached hydrogens (primary N) is 1. The summed E-state index contributed by atoms with van der Waals surface area (Å²) in [6, 6.07) is 0. The number of likely N-dealkylation sites (tertiary alicyclic amines) is 1. The van der Waals surface area contributed by atoms with E-state index in [1.54, 1.807) is 0 Å². The Kier molecular flexibility index (Phi) is 6.46. The Morgan fingerprint density at radius 2 is 1.94 bits per heavy atom. The highest BCUT2D eigenvalue weighted by molar-refractivity contribution is 5.76. The fourth-order valence-electron chi connectivity index (χ4n) is 2.28. The van der Waals surface area contributed by atoms with E-state index in [0.29, 0.717) is 11.8 Å². The van der Waals surface area contributed by atoms with Gasteiger partial charge in [-0.2, -0.15) is 0 Å². The van der Waals surface area contributed by atoms with Crippen molar-refractivity contribution in [1.82, 2.24) is 4.90 Å². The Bertz CT molecular complexity index is 198. The first kappa shape index (κ1) is 13.5. The molecule has 1 aliphatic heterocycles. The van der Waals surface area contributed by atoms with Gasteiger partial charge in [0, 0.05) is 19.5 Å². The van der Waals surface area contributed by atoms with E-state index in [0.717, 1.165) is 45.3 Å². The van der Waals surface area contributed by atoms with Crippen LogP contribution in [0.15, 0.2) is 0 Å². The maximum atomic E-state index is 11.9. The highest BCUT2D eigenvalue weighted by Crippen LogP contribution is 2.17. The van der Waals surface area contributed by atoms with Crippen LogP contribution < -0.4 is 5.73 Å². The lowest BCUT2D eigenvalue weighted by atomic mass is 9.97. The molecular weight excluding hydrogens is 200 g/mol. The molecule has 1 rings (SSSR count). The Balaban J connectivity index is 2.13. The van der Waals surface area contributed by atoms with Gasteiger partial charge in [0.2, 0.25) is 5.91 Å². The smallest absolute Gasteiger partial charge is 0.222 e. The molecule has 1 heterocycles. The molecule has 0 radical (unpaired) electrons. The van der Waals surface area contributed by atoms with Gasteiger partial charge in [0.1, 0.15) is 0 Å². The van der Waals surface area contributed by atoms with E-state index in [4.69, 9.17) is 5.73 Å². The van der Waals surface area contributed by atoms with E-state index < -0.39 is 0 Å². The minimum absolute atomic E-state index is 0.353. The summed E-state index contributed by atoms with van der Waals surface area (Å²) in [4.78, 5) is 13.9. The Morgan fingerprint density at radius 1 is 1.25 bits per heavy atom. The molecule has 0 bridgehead atoms. The fraction of sp³-hybridized carbons (Fsp3) is 0.923. The average Bonchev–Trinajstić information content (AvgIpc) is 2.34. The third-order valence-electron chi connectivity index (χ3n) is 3.54. The van der Waals surface area contributed by atoms with Crippen LogP contribution in [0.25, 0.3) is 0 Å². The van der Waals surface area contributed by atoms with Gasteiger partial charge in [-0.1, -0.05) is 26.2 Å². The lowest BCUT2D eigenvalue weighted by Gasteiger charge is -2.31. The quantitative estimate of drug-likeness (QED) is 0.705. The molecule has 3 heteroatoms. The molecule has 0 atom stereocenters. The third-order valence-corrected chi connectivity index (χ3v) is 3.54. The Hall–Kier alpha value is -0.570. The van der Waals surface area contributed by atoms with Crippen molar-refractivity contribution in [2.75, 3.05) is 19.6 Å². The highest BCUT2D eigenvalue weighted by atomic mass is 16.2. The SMILES string of the molecule is CCCCCCC(=O)N1CCC(CN)CC1. The van der Waals surface area contributed by atoms with Crippen LogP contribution in [-0.4, -0.2) is 30.4 Å². The van der Waals surface area contributed by atoms with Crippen LogP contribution >= 0.6 is 0 Å². The predicted octanol–water partition coefficient (Wildman–Crippen LogP) is 2.15. The molecule has 1 aliphatic rings. The van der Waals surface area contributed by atoms with Gasteiger partial charge in [-0.25, -0.2) is 0 Å². The average molecular weight is 226 g/mol. The summed E-state index contributed by atoms with van der Waals surface area (Å²) in [6.45, 7) is 4.82. The molecule has 94 valence electrons. The molecule has 0 aromatic rings. The maximum absolute atomic E-state index is 11.9. The molecule has 2 N–H and O–H groups in total. The van der Waals surface area contributed by atoms with E-state index in [-0.39, 0.29) is 0 Å². The lowest BCUT2D eigenvalue weighted by Crippen LogP contribution is -2.39. The molecule has 1 saturated heterocycles. The van der Waals surface area contributed by atoms with Crippen LogP contribution in [0.3, 0.4) is 0 Å². The van der Waals surface area contributed by atoms with E-state index in [9.17, 15) is 4.79 Å². The van der Waals surface area contributed by atoms with Crippen LogP contribution in [0.2, 0.25) is 0 Å². The minimum atomic E-state index is 0.353. The topological polar surface area (TPSA) is 46.3 Å². The zero-order valence-electron chi connectivity index (χ0n) is 10.6. The number of nitrogens with zero attached hydrogens (tertiary/aromatic N) is 1. The predicted molar refractivity (Wildman–Crippen MR) is 67.1 cm³/mol. The molecule has 0 unspecified atom stereocenters. The van der Waals surface area contributed by atoms with Crippen LogP contribution in [0, 0.1) is 5.92 Å². The van der Waals surface area contributed by atoms with E-state index >= 15 is 0 Å². The molecule has 0 aromatic heterocycles. The van der Waals surface area contributed by atoms with Crippen molar-refractivity contribution in [2.45, 2.75) is 51.9 Å². The van der Waals surface area contributed by atoms with Crippen LogP contribution in [0.1, 0.15) is 51.9 Å². The van der Waals surface area contributed by atoms with Crippen molar-refractivity contribution < 1.29 is 4.79 Å². The van der Waals surface area contributed by atoms with Crippen LogP contribution in [0.5, 0.6) is 0 Å². The molecule has 16 heavy (non-hydrogen) atoms. The lowest BCUT2D eigenvalue weighted by molar-refractivity contribution is -0.132. The second-order valence-corrected chi connectivity index (χ2v) is 4.87. The standard InChI is InChI=1S/C13H26N2O/c1-2-3-4-5-6-13(16)15-9-7-12(11-14)8-10-15/h12H,2-11,14H2,1H3. The number of unbranched alkanes of at least 4 members (excludes halogenated alkanes) is 3. The van der Waals surface area contributed by atoms with Crippen molar-refractivity contribution in [3.63, 3.8) is 0 Å². The summed E-state index contributed by atoms with van der Waals surface area (Å²) >= 11 is 0. The summed E-state index contributed by atoms with van der Waals surface area (Å²) in [7, 11) is 0. The summed E-state index contributed by atoms with van der Waals surface area (Å²) in [5.74, 6) is 0.996. The number of carbonyl (C=O) groups excluding carboxylic acids is 1. The Morgan fingerprint density at radius 3 is 2.50 bits per heavy atom. The van der Waals surface area contributed by atoms with Crippen molar-refractivity contribution in [3.05, 3.63) is 0 Å². The third kappa shape index (κ3) is 4.52. The molecule has 1 amide bonds. The van der Waals surface area contributed by atoms with Crippen molar-refractivity contribution >= 4 is 5.91 Å². The first-order chi connectivity index (χ1) is 7.77. The van der Waals surface area contributed by atoms with Gasteiger partial charge in [-0.05, 0) is 31.7 Å². The number of hydrogen-bond acceptors (Lipinski definition) is 2. The van der Waals surface area contributed by atoms with Gasteiger partial charge in [-0.15, -0.1) is 0 Å². The monoisotopic (exact) mass is 226 g/mol. The molecule has 0 aliphatic carbocycles.